The quantitative estimate of drug-likeness (QED) is 0.769. The lowest BCUT2D eigenvalue weighted by molar-refractivity contribution is 0.571. The van der Waals surface area contributed by atoms with Crippen molar-refractivity contribution < 1.29 is 16.8 Å². The summed E-state index contributed by atoms with van der Waals surface area (Å²) in [6.45, 7) is -0.0982. The summed E-state index contributed by atoms with van der Waals surface area (Å²) in [7, 11) is -6.93. The smallest absolute Gasteiger partial charge is 0.242 e. The zero-order valence-electron chi connectivity index (χ0n) is 10.2. The van der Waals surface area contributed by atoms with Gasteiger partial charge in [0, 0.05) is 6.54 Å². The minimum Gasteiger partial charge on any atom is -0.398 e. The number of sulfone groups is 1. The van der Waals surface area contributed by atoms with Gasteiger partial charge >= 0.3 is 0 Å². The molecule has 0 radical (unpaired) electrons. The predicted octanol–water partition coefficient (Wildman–Crippen LogP) is 0.124. The van der Waals surface area contributed by atoms with Gasteiger partial charge in [-0.3, -0.25) is 0 Å². The highest BCUT2D eigenvalue weighted by Crippen LogP contribution is 2.21. The molecule has 1 heterocycles. The first kappa shape index (κ1) is 14.3. The van der Waals surface area contributed by atoms with Gasteiger partial charge in [-0.1, -0.05) is 12.1 Å². The van der Waals surface area contributed by atoms with Gasteiger partial charge in [0.2, 0.25) is 10.0 Å². The zero-order valence-corrected chi connectivity index (χ0v) is 11.9. The van der Waals surface area contributed by atoms with Crippen molar-refractivity contribution in [2.45, 2.75) is 23.0 Å². The number of nitrogen functional groups attached to an aromatic ring is 1. The van der Waals surface area contributed by atoms with E-state index < -0.39 is 25.1 Å². The Kier molecular flexibility index (Phi) is 3.84. The SMILES string of the molecule is Nc1ccccc1S(=O)(=O)NCC1CCCS1(=O)=O. The normalized spacial score (nSPS) is 22.4. The number of para-hydroxylation sites is 1. The molecule has 1 saturated heterocycles. The molecule has 2 rings (SSSR count). The van der Waals surface area contributed by atoms with Gasteiger partial charge in [-0.15, -0.1) is 0 Å². The molecule has 0 aliphatic carbocycles. The van der Waals surface area contributed by atoms with Gasteiger partial charge < -0.3 is 5.73 Å². The second-order valence-corrected chi connectivity index (χ2v) is 8.66. The Morgan fingerprint density at radius 2 is 2.00 bits per heavy atom. The molecule has 8 heteroatoms. The van der Waals surface area contributed by atoms with Crippen LogP contribution < -0.4 is 10.5 Å². The third-order valence-electron chi connectivity index (χ3n) is 3.17. The van der Waals surface area contributed by atoms with Crippen LogP contribution in [0.4, 0.5) is 5.69 Å². The van der Waals surface area contributed by atoms with Gasteiger partial charge in [0.15, 0.2) is 9.84 Å². The molecule has 3 N–H and O–H groups in total. The average Bonchev–Trinajstić information content (AvgIpc) is 2.66. The molecule has 0 amide bonds. The number of anilines is 1. The molecule has 6 nitrogen and oxygen atoms in total. The average molecular weight is 304 g/mol. The maximum Gasteiger partial charge on any atom is 0.242 e. The number of hydrogen-bond acceptors (Lipinski definition) is 5. The van der Waals surface area contributed by atoms with E-state index in [0.29, 0.717) is 12.8 Å². The monoisotopic (exact) mass is 304 g/mol. The lowest BCUT2D eigenvalue weighted by Gasteiger charge is -2.12. The number of nitrogens with one attached hydrogen (secondary N) is 1. The first-order valence-corrected chi connectivity index (χ1v) is 9.08. The predicted molar refractivity (Wildman–Crippen MR) is 72.9 cm³/mol. The first-order valence-electron chi connectivity index (χ1n) is 5.89. The molecule has 1 aliphatic rings. The summed E-state index contributed by atoms with van der Waals surface area (Å²) in [5, 5.41) is -0.632. The molecule has 0 saturated carbocycles. The van der Waals surface area contributed by atoms with Gasteiger partial charge in [0.05, 0.1) is 16.7 Å². The van der Waals surface area contributed by atoms with Crippen LogP contribution in [-0.4, -0.2) is 34.4 Å². The van der Waals surface area contributed by atoms with E-state index in [0.717, 1.165) is 0 Å². The van der Waals surface area contributed by atoms with Gasteiger partial charge in [-0.2, -0.15) is 0 Å². The molecule has 1 unspecified atom stereocenters. The summed E-state index contributed by atoms with van der Waals surface area (Å²) in [6.07, 6.45) is 1.08. The Hall–Kier alpha value is -1.12. The summed E-state index contributed by atoms with van der Waals surface area (Å²) in [4.78, 5) is -0.0228. The fourth-order valence-electron chi connectivity index (χ4n) is 2.09. The molecule has 0 spiro atoms. The third-order valence-corrected chi connectivity index (χ3v) is 6.95. The fraction of sp³-hybridized carbons (Fsp3) is 0.455. The highest BCUT2D eigenvalue weighted by atomic mass is 32.2. The van der Waals surface area contributed by atoms with E-state index in [1.807, 2.05) is 0 Å². The van der Waals surface area contributed by atoms with Gasteiger partial charge in [-0.25, -0.2) is 21.6 Å². The number of hydrogen-bond donors (Lipinski definition) is 2. The molecular weight excluding hydrogens is 288 g/mol. The van der Waals surface area contributed by atoms with Crippen molar-refractivity contribution in [1.82, 2.24) is 4.72 Å². The van der Waals surface area contributed by atoms with Gasteiger partial charge in [-0.05, 0) is 25.0 Å². The molecule has 0 bridgehead atoms. The second-order valence-electron chi connectivity index (χ2n) is 4.52. The molecule has 1 atom stereocenters. The van der Waals surface area contributed by atoms with Crippen LogP contribution in [0, 0.1) is 0 Å². The Bertz CT molecular complexity index is 668. The molecule has 1 aromatic rings. The van der Waals surface area contributed by atoms with Crippen LogP contribution in [0.2, 0.25) is 0 Å². The standard InChI is InChI=1S/C11H16N2O4S2/c12-10-5-1-2-6-11(10)19(16,17)13-8-9-4-3-7-18(9,14)15/h1-2,5-6,9,13H,3-4,7-8,12H2. The van der Waals surface area contributed by atoms with Crippen LogP contribution in [0.3, 0.4) is 0 Å². The minimum atomic E-state index is -3.77. The Morgan fingerprint density at radius 3 is 2.58 bits per heavy atom. The highest BCUT2D eigenvalue weighted by Gasteiger charge is 2.32. The topological polar surface area (TPSA) is 106 Å². The second kappa shape index (κ2) is 5.10. The maximum atomic E-state index is 12.0. The summed E-state index contributed by atoms with van der Waals surface area (Å²) in [5.41, 5.74) is 5.75. The van der Waals surface area contributed by atoms with Gasteiger partial charge in [0.1, 0.15) is 4.90 Å². The molecule has 1 aromatic carbocycles. The molecular formula is C11H16N2O4S2. The van der Waals surface area contributed by atoms with E-state index in [2.05, 4.69) is 4.72 Å². The highest BCUT2D eigenvalue weighted by molar-refractivity contribution is 7.92. The zero-order chi connectivity index (χ0) is 14.1. The molecule has 1 aliphatic heterocycles. The summed E-state index contributed by atoms with van der Waals surface area (Å²) < 4.78 is 49.6. The Labute approximate surface area is 113 Å². The van der Waals surface area contributed by atoms with Crippen LogP contribution in [0.15, 0.2) is 29.2 Å². The Balaban J connectivity index is 2.13. The first-order chi connectivity index (χ1) is 8.83. The Morgan fingerprint density at radius 1 is 1.32 bits per heavy atom. The van der Waals surface area contributed by atoms with E-state index in [1.54, 1.807) is 12.1 Å². The van der Waals surface area contributed by atoms with E-state index in [4.69, 9.17) is 5.73 Å². The third kappa shape index (κ3) is 3.07. The van der Waals surface area contributed by atoms with E-state index >= 15 is 0 Å². The van der Waals surface area contributed by atoms with Crippen molar-refractivity contribution >= 4 is 25.5 Å². The van der Waals surface area contributed by atoms with Crippen LogP contribution in [0.1, 0.15) is 12.8 Å². The maximum absolute atomic E-state index is 12.0. The van der Waals surface area contributed by atoms with Crippen LogP contribution >= 0.6 is 0 Å². The van der Waals surface area contributed by atoms with Crippen molar-refractivity contribution in [3.63, 3.8) is 0 Å². The lowest BCUT2D eigenvalue weighted by Crippen LogP contribution is -2.34. The molecule has 106 valence electrons. The number of rotatable bonds is 4. The van der Waals surface area contributed by atoms with Crippen LogP contribution in [-0.2, 0) is 19.9 Å². The summed E-state index contributed by atoms with van der Waals surface area (Å²) in [6, 6.07) is 6.08. The van der Waals surface area contributed by atoms with E-state index in [1.165, 1.54) is 12.1 Å². The minimum absolute atomic E-state index is 0.0228. The van der Waals surface area contributed by atoms with E-state index in [-0.39, 0.29) is 22.9 Å². The molecule has 19 heavy (non-hydrogen) atoms. The van der Waals surface area contributed by atoms with Crippen molar-refractivity contribution in [3.05, 3.63) is 24.3 Å². The van der Waals surface area contributed by atoms with E-state index in [9.17, 15) is 16.8 Å². The summed E-state index contributed by atoms with van der Waals surface area (Å²) in [5.74, 6) is 0.132. The number of benzene rings is 1. The van der Waals surface area contributed by atoms with Crippen LogP contribution in [0.25, 0.3) is 0 Å². The number of nitrogens with two attached hydrogens (primary N) is 1. The fourth-order valence-corrected chi connectivity index (χ4v) is 5.18. The lowest BCUT2D eigenvalue weighted by atomic mass is 10.2. The van der Waals surface area contributed by atoms with Crippen molar-refractivity contribution in [1.29, 1.82) is 0 Å². The van der Waals surface area contributed by atoms with Gasteiger partial charge in [0.25, 0.3) is 0 Å². The van der Waals surface area contributed by atoms with Crippen LogP contribution in [0.5, 0.6) is 0 Å². The van der Waals surface area contributed by atoms with Crippen molar-refractivity contribution in [2.75, 3.05) is 18.0 Å². The molecule has 0 aromatic heterocycles. The largest absolute Gasteiger partial charge is 0.398 e. The molecule has 1 fully saturated rings. The van der Waals surface area contributed by atoms with Crippen molar-refractivity contribution in [3.8, 4) is 0 Å². The van der Waals surface area contributed by atoms with Crippen molar-refractivity contribution in [2.24, 2.45) is 0 Å². The summed E-state index contributed by atoms with van der Waals surface area (Å²) >= 11 is 0. The number of sulfonamides is 1.